The van der Waals surface area contributed by atoms with Crippen molar-refractivity contribution in [2.45, 2.75) is 50.9 Å². The molecule has 2 rings (SSSR count). The normalized spacial score (nSPS) is 19.6. The zero-order valence-electron chi connectivity index (χ0n) is 9.46. The second-order valence-electron chi connectivity index (χ2n) is 4.79. The van der Waals surface area contributed by atoms with E-state index >= 15 is 0 Å². The standard InChI is InChI=1S/C12H20N2S/c1-12(6-2-3-7-12)11-14-9-10(15-11)5-4-8-13/h9H,2-8,13H2,1H3. The van der Waals surface area contributed by atoms with Gasteiger partial charge in [-0.2, -0.15) is 0 Å². The van der Waals surface area contributed by atoms with Crippen molar-refractivity contribution < 1.29 is 0 Å². The van der Waals surface area contributed by atoms with Crippen LogP contribution in [-0.4, -0.2) is 11.5 Å². The van der Waals surface area contributed by atoms with Crippen molar-refractivity contribution in [3.63, 3.8) is 0 Å². The third-order valence-corrected chi connectivity index (χ3v) is 4.77. The van der Waals surface area contributed by atoms with Crippen molar-refractivity contribution in [2.24, 2.45) is 5.73 Å². The fraction of sp³-hybridized carbons (Fsp3) is 0.750. The zero-order chi connectivity index (χ0) is 10.7. The first-order valence-corrected chi connectivity index (χ1v) is 6.71. The van der Waals surface area contributed by atoms with E-state index in [2.05, 4.69) is 18.1 Å². The first-order chi connectivity index (χ1) is 7.24. The molecule has 1 fully saturated rings. The monoisotopic (exact) mass is 224 g/mol. The van der Waals surface area contributed by atoms with Crippen LogP contribution in [0, 0.1) is 0 Å². The van der Waals surface area contributed by atoms with Gasteiger partial charge in [-0.3, -0.25) is 0 Å². The van der Waals surface area contributed by atoms with Gasteiger partial charge in [0, 0.05) is 16.5 Å². The quantitative estimate of drug-likeness (QED) is 0.854. The molecule has 0 bridgehead atoms. The number of hydrogen-bond acceptors (Lipinski definition) is 3. The number of nitrogens with two attached hydrogens (primary N) is 1. The summed E-state index contributed by atoms with van der Waals surface area (Å²) in [5.41, 5.74) is 5.90. The number of hydrogen-bond donors (Lipinski definition) is 1. The summed E-state index contributed by atoms with van der Waals surface area (Å²) < 4.78 is 0. The van der Waals surface area contributed by atoms with Crippen LogP contribution >= 0.6 is 11.3 Å². The highest BCUT2D eigenvalue weighted by Crippen LogP contribution is 2.42. The molecule has 84 valence electrons. The van der Waals surface area contributed by atoms with Crippen molar-refractivity contribution >= 4 is 11.3 Å². The first kappa shape index (κ1) is 11.1. The molecule has 2 N–H and O–H groups in total. The minimum absolute atomic E-state index is 0.381. The molecule has 1 heterocycles. The van der Waals surface area contributed by atoms with Gasteiger partial charge in [-0.25, -0.2) is 4.98 Å². The second kappa shape index (κ2) is 4.62. The molecule has 0 aromatic carbocycles. The third-order valence-electron chi connectivity index (χ3n) is 3.40. The van der Waals surface area contributed by atoms with Crippen molar-refractivity contribution in [3.8, 4) is 0 Å². The number of thiazole rings is 1. The maximum Gasteiger partial charge on any atom is 0.0986 e. The maximum atomic E-state index is 5.52. The van der Waals surface area contributed by atoms with E-state index in [1.54, 1.807) is 0 Å². The summed E-state index contributed by atoms with van der Waals surface area (Å²) in [6, 6.07) is 0. The van der Waals surface area contributed by atoms with Crippen LogP contribution in [0.15, 0.2) is 6.20 Å². The molecule has 2 nitrogen and oxygen atoms in total. The number of nitrogens with zero attached hydrogens (tertiary/aromatic N) is 1. The summed E-state index contributed by atoms with van der Waals surface area (Å²) in [4.78, 5) is 6.01. The fourth-order valence-electron chi connectivity index (χ4n) is 2.35. The highest BCUT2D eigenvalue weighted by molar-refractivity contribution is 7.11. The van der Waals surface area contributed by atoms with Gasteiger partial charge < -0.3 is 5.73 Å². The summed E-state index contributed by atoms with van der Waals surface area (Å²) in [6.45, 7) is 3.15. The Bertz CT molecular complexity index is 313. The molecule has 1 aromatic heterocycles. The summed E-state index contributed by atoms with van der Waals surface area (Å²) in [7, 11) is 0. The van der Waals surface area contributed by atoms with Gasteiger partial charge in [0.25, 0.3) is 0 Å². The lowest BCUT2D eigenvalue weighted by Crippen LogP contribution is -2.15. The van der Waals surface area contributed by atoms with Gasteiger partial charge in [-0.15, -0.1) is 11.3 Å². The highest BCUT2D eigenvalue weighted by atomic mass is 32.1. The average molecular weight is 224 g/mol. The lowest BCUT2D eigenvalue weighted by molar-refractivity contribution is 0.488. The molecule has 1 aromatic rings. The molecule has 0 amide bonds. The third kappa shape index (κ3) is 2.40. The lowest BCUT2D eigenvalue weighted by Gasteiger charge is -2.19. The van der Waals surface area contributed by atoms with E-state index in [-0.39, 0.29) is 0 Å². The molecule has 0 aliphatic heterocycles. The van der Waals surface area contributed by atoms with Gasteiger partial charge in [-0.05, 0) is 32.2 Å². The Hall–Kier alpha value is -0.410. The predicted molar refractivity (Wildman–Crippen MR) is 65.3 cm³/mol. The summed E-state index contributed by atoms with van der Waals surface area (Å²) in [5.74, 6) is 0. The summed E-state index contributed by atoms with van der Waals surface area (Å²) in [6.07, 6.45) is 9.61. The molecule has 1 aliphatic carbocycles. The van der Waals surface area contributed by atoms with Gasteiger partial charge >= 0.3 is 0 Å². The molecule has 1 aliphatic rings. The predicted octanol–water partition coefficient (Wildman–Crippen LogP) is 2.87. The molecule has 0 saturated heterocycles. The number of aromatic nitrogens is 1. The van der Waals surface area contributed by atoms with Crippen LogP contribution in [0.2, 0.25) is 0 Å². The molecular weight excluding hydrogens is 204 g/mol. The maximum absolute atomic E-state index is 5.52. The Balaban J connectivity index is 2.05. The van der Waals surface area contributed by atoms with Crippen LogP contribution in [0.3, 0.4) is 0 Å². The Labute approximate surface area is 95.9 Å². The van der Waals surface area contributed by atoms with E-state index in [0.717, 1.165) is 19.4 Å². The first-order valence-electron chi connectivity index (χ1n) is 5.90. The zero-order valence-corrected chi connectivity index (χ0v) is 10.3. The molecule has 0 atom stereocenters. The Kier molecular flexibility index (Phi) is 3.42. The van der Waals surface area contributed by atoms with Crippen LogP contribution in [0.4, 0.5) is 0 Å². The Morgan fingerprint density at radius 2 is 2.20 bits per heavy atom. The molecule has 0 spiro atoms. The summed E-state index contributed by atoms with van der Waals surface area (Å²) >= 11 is 1.90. The number of aryl methyl sites for hydroxylation is 1. The Morgan fingerprint density at radius 3 is 2.87 bits per heavy atom. The van der Waals surface area contributed by atoms with Gasteiger partial charge in [0.1, 0.15) is 0 Å². The van der Waals surface area contributed by atoms with E-state index < -0.39 is 0 Å². The van der Waals surface area contributed by atoms with Crippen molar-refractivity contribution in [3.05, 3.63) is 16.1 Å². The summed E-state index contributed by atoms with van der Waals surface area (Å²) in [5, 5.41) is 1.35. The van der Waals surface area contributed by atoms with E-state index in [4.69, 9.17) is 5.73 Å². The second-order valence-corrected chi connectivity index (χ2v) is 5.91. The highest BCUT2D eigenvalue weighted by Gasteiger charge is 2.33. The fourth-order valence-corrected chi connectivity index (χ4v) is 3.50. The SMILES string of the molecule is CC1(c2ncc(CCCN)s2)CCCC1. The van der Waals surface area contributed by atoms with Crippen LogP contribution in [0.1, 0.15) is 48.9 Å². The van der Waals surface area contributed by atoms with Crippen LogP contribution in [0.25, 0.3) is 0 Å². The molecule has 0 radical (unpaired) electrons. The van der Waals surface area contributed by atoms with Gasteiger partial charge in [-0.1, -0.05) is 19.8 Å². The lowest BCUT2D eigenvalue weighted by atomic mass is 9.90. The van der Waals surface area contributed by atoms with Crippen molar-refractivity contribution in [1.82, 2.24) is 4.98 Å². The molecule has 3 heteroatoms. The van der Waals surface area contributed by atoms with Gasteiger partial charge in [0.05, 0.1) is 5.01 Å². The van der Waals surface area contributed by atoms with Crippen LogP contribution < -0.4 is 5.73 Å². The molecule has 1 saturated carbocycles. The average Bonchev–Trinajstić information content (AvgIpc) is 2.84. The van der Waals surface area contributed by atoms with Crippen LogP contribution in [0.5, 0.6) is 0 Å². The topological polar surface area (TPSA) is 38.9 Å². The van der Waals surface area contributed by atoms with E-state index in [9.17, 15) is 0 Å². The molecule has 0 unspecified atom stereocenters. The smallest absolute Gasteiger partial charge is 0.0986 e. The van der Waals surface area contributed by atoms with E-state index in [1.165, 1.54) is 35.6 Å². The molecule has 15 heavy (non-hydrogen) atoms. The number of rotatable bonds is 4. The Morgan fingerprint density at radius 1 is 1.47 bits per heavy atom. The van der Waals surface area contributed by atoms with E-state index in [1.807, 2.05) is 11.3 Å². The van der Waals surface area contributed by atoms with Crippen LogP contribution in [-0.2, 0) is 11.8 Å². The molecular formula is C12H20N2S. The largest absolute Gasteiger partial charge is 0.330 e. The van der Waals surface area contributed by atoms with Crippen molar-refractivity contribution in [1.29, 1.82) is 0 Å². The minimum atomic E-state index is 0.381. The minimum Gasteiger partial charge on any atom is -0.330 e. The van der Waals surface area contributed by atoms with Crippen molar-refractivity contribution in [2.75, 3.05) is 6.54 Å². The van der Waals surface area contributed by atoms with Gasteiger partial charge in [0.15, 0.2) is 0 Å². The van der Waals surface area contributed by atoms with E-state index in [0.29, 0.717) is 5.41 Å². The van der Waals surface area contributed by atoms with Gasteiger partial charge in [0.2, 0.25) is 0 Å².